The van der Waals surface area contributed by atoms with E-state index >= 15 is 0 Å². The second-order valence-electron chi connectivity index (χ2n) is 4.52. The molecule has 1 nitrogen and oxygen atoms in total. The summed E-state index contributed by atoms with van der Waals surface area (Å²) in [4.78, 5) is 3.48. The topological polar surface area (TPSA) is 26.0 Å². The largest absolute Gasteiger partial charge is 0.326 e. The highest BCUT2D eigenvalue weighted by Crippen LogP contribution is 2.40. The van der Waals surface area contributed by atoms with E-state index in [1.807, 2.05) is 6.07 Å². The molecule has 19 heavy (non-hydrogen) atoms. The SMILES string of the molecule is CCC(N)C(Sc1cccc(F)c1)c1ccc(C)s1. The molecule has 2 rings (SSSR count). The van der Waals surface area contributed by atoms with Gasteiger partial charge in [-0.05, 0) is 43.7 Å². The Labute approximate surface area is 122 Å². The zero-order chi connectivity index (χ0) is 13.8. The van der Waals surface area contributed by atoms with Crippen LogP contribution >= 0.6 is 23.1 Å². The summed E-state index contributed by atoms with van der Waals surface area (Å²) in [5, 5.41) is 0.186. The monoisotopic (exact) mass is 295 g/mol. The zero-order valence-electron chi connectivity index (χ0n) is 11.1. The van der Waals surface area contributed by atoms with E-state index < -0.39 is 0 Å². The van der Waals surface area contributed by atoms with Gasteiger partial charge in [0.2, 0.25) is 0 Å². The molecule has 2 N–H and O–H groups in total. The van der Waals surface area contributed by atoms with Crippen LogP contribution in [0.1, 0.15) is 28.3 Å². The molecule has 0 amide bonds. The summed E-state index contributed by atoms with van der Waals surface area (Å²) < 4.78 is 13.3. The number of benzene rings is 1. The van der Waals surface area contributed by atoms with Crippen molar-refractivity contribution in [1.82, 2.24) is 0 Å². The van der Waals surface area contributed by atoms with Crippen molar-refractivity contribution in [3.8, 4) is 0 Å². The molecule has 0 bridgehead atoms. The third kappa shape index (κ3) is 3.81. The summed E-state index contributed by atoms with van der Waals surface area (Å²) in [5.41, 5.74) is 6.24. The van der Waals surface area contributed by atoms with Gasteiger partial charge in [-0.15, -0.1) is 23.1 Å². The van der Waals surface area contributed by atoms with E-state index in [-0.39, 0.29) is 17.1 Å². The number of halogens is 1. The first-order chi connectivity index (χ1) is 9.10. The van der Waals surface area contributed by atoms with Gasteiger partial charge < -0.3 is 5.73 Å². The minimum Gasteiger partial charge on any atom is -0.326 e. The van der Waals surface area contributed by atoms with E-state index in [4.69, 9.17) is 5.73 Å². The van der Waals surface area contributed by atoms with E-state index in [1.165, 1.54) is 15.8 Å². The van der Waals surface area contributed by atoms with Crippen LogP contribution in [0.3, 0.4) is 0 Å². The minimum absolute atomic E-state index is 0.0753. The maximum absolute atomic E-state index is 13.3. The van der Waals surface area contributed by atoms with Crippen molar-refractivity contribution >= 4 is 23.1 Å². The fraction of sp³-hybridized carbons (Fsp3) is 0.333. The van der Waals surface area contributed by atoms with Crippen molar-refractivity contribution < 1.29 is 4.39 Å². The molecular formula is C15H18FNS2. The molecule has 0 fully saturated rings. The van der Waals surface area contributed by atoms with Gasteiger partial charge >= 0.3 is 0 Å². The van der Waals surface area contributed by atoms with Crippen LogP contribution < -0.4 is 5.73 Å². The molecular weight excluding hydrogens is 277 g/mol. The number of aryl methyl sites for hydroxylation is 1. The van der Waals surface area contributed by atoms with Gasteiger partial charge in [-0.3, -0.25) is 0 Å². The second-order valence-corrected chi connectivity index (χ2v) is 7.05. The second kappa shape index (κ2) is 6.55. The van der Waals surface area contributed by atoms with Crippen molar-refractivity contribution in [2.24, 2.45) is 5.73 Å². The summed E-state index contributed by atoms with van der Waals surface area (Å²) in [6, 6.07) is 11.0. The lowest BCUT2D eigenvalue weighted by Gasteiger charge is -2.21. The van der Waals surface area contributed by atoms with Crippen molar-refractivity contribution in [2.75, 3.05) is 0 Å². The summed E-state index contributed by atoms with van der Waals surface area (Å²) >= 11 is 3.42. The molecule has 0 saturated carbocycles. The lowest BCUT2D eigenvalue weighted by molar-refractivity contribution is 0.622. The molecule has 0 saturated heterocycles. The average molecular weight is 295 g/mol. The Morgan fingerprint density at radius 1 is 1.32 bits per heavy atom. The van der Waals surface area contributed by atoms with Gasteiger partial charge in [0.15, 0.2) is 0 Å². The molecule has 102 valence electrons. The first kappa shape index (κ1) is 14.6. The predicted molar refractivity (Wildman–Crippen MR) is 82.3 cm³/mol. The standard InChI is InChI=1S/C15H18FNS2/c1-3-13(17)15(14-8-7-10(2)18-14)19-12-6-4-5-11(16)9-12/h4-9,13,15H,3,17H2,1-2H3. The predicted octanol–water partition coefficient (Wildman–Crippen LogP) is 4.77. The van der Waals surface area contributed by atoms with Crippen molar-refractivity contribution in [3.63, 3.8) is 0 Å². The Balaban J connectivity index is 2.24. The summed E-state index contributed by atoms with van der Waals surface area (Å²) in [7, 11) is 0. The third-order valence-electron chi connectivity index (χ3n) is 2.96. The molecule has 1 aromatic carbocycles. The highest BCUT2D eigenvalue weighted by Gasteiger charge is 2.21. The van der Waals surface area contributed by atoms with Crippen LogP contribution in [0, 0.1) is 12.7 Å². The number of hydrogen-bond donors (Lipinski definition) is 1. The Hall–Kier alpha value is -0.840. The van der Waals surface area contributed by atoms with Crippen LogP contribution in [-0.4, -0.2) is 6.04 Å². The average Bonchev–Trinajstić information content (AvgIpc) is 2.81. The first-order valence-corrected chi connectivity index (χ1v) is 8.04. The van der Waals surface area contributed by atoms with Crippen LogP contribution in [0.2, 0.25) is 0 Å². The van der Waals surface area contributed by atoms with Gasteiger partial charge in [-0.25, -0.2) is 4.39 Å². The number of nitrogens with two attached hydrogens (primary N) is 1. The number of hydrogen-bond acceptors (Lipinski definition) is 3. The molecule has 2 atom stereocenters. The first-order valence-electron chi connectivity index (χ1n) is 6.34. The van der Waals surface area contributed by atoms with E-state index in [2.05, 4.69) is 26.0 Å². The molecule has 2 aromatic rings. The van der Waals surface area contributed by atoms with Crippen LogP contribution in [0.5, 0.6) is 0 Å². The molecule has 1 heterocycles. The zero-order valence-corrected chi connectivity index (χ0v) is 12.7. The fourth-order valence-corrected chi connectivity index (χ4v) is 4.28. The lowest BCUT2D eigenvalue weighted by atomic mass is 10.1. The van der Waals surface area contributed by atoms with E-state index in [0.29, 0.717) is 0 Å². The quantitative estimate of drug-likeness (QED) is 0.804. The Morgan fingerprint density at radius 3 is 2.68 bits per heavy atom. The smallest absolute Gasteiger partial charge is 0.124 e. The molecule has 4 heteroatoms. The van der Waals surface area contributed by atoms with E-state index in [9.17, 15) is 4.39 Å². The Morgan fingerprint density at radius 2 is 2.11 bits per heavy atom. The molecule has 0 radical (unpaired) electrons. The summed E-state index contributed by atoms with van der Waals surface area (Å²) in [5.74, 6) is -0.198. The summed E-state index contributed by atoms with van der Waals surface area (Å²) in [6.45, 7) is 4.18. The maximum Gasteiger partial charge on any atom is 0.124 e. The van der Waals surface area contributed by atoms with Crippen molar-refractivity contribution in [2.45, 2.75) is 36.5 Å². The lowest BCUT2D eigenvalue weighted by Crippen LogP contribution is -2.25. The fourth-order valence-electron chi connectivity index (χ4n) is 1.86. The maximum atomic E-state index is 13.3. The van der Waals surface area contributed by atoms with Gasteiger partial charge in [0.05, 0.1) is 5.25 Å². The van der Waals surface area contributed by atoms with Crippen molar-refractivity contribution in [3.05, 3.63) is 52.0 Å². The molecule has 1 aromatic heterocycles. The molecule has 0 aliphatic heterocycles. The highest BCUT2D eigenvalue weighted by atomic mass is 32.2. The van der Waals surface area contributed by atoms with E-state index in [0.717, 1.165) is 11.3 Å². The van der Waals surface area contributed by atoms with Crippen LogP contribution in [0.4, 0.5) is 4.39 Å². The van der Waals surface area contributed by atoms with Gasteiger partial charge in [0.25, 0.3) is 0 Å². The van der Waals surface area contributed by atoms with Crippen LogP contribution in [0.25, 0.3) is 0 Å². The Kier molecular flexibility index (Phi) is 5.02. The van der Waals surface area contributed by atoms with E-state index in [1.54, 1.807) is 35.2 Å². The number of rotatable bonds is 5. The van der Waals surface area contributed by atoms with Gasteiger partial charge in [-0.1, -0.05) is 13.0 Å². The summed E-state index contributed by atoms with van der Waals surface area (Å²) in [6.07, 6.45) is 0.907. The minimum atomic E-state index is -0.198. The number of thioether (sulfide) groups is 1. The van der Waals surface area contributed by atoms with Gasteiger partial charge in [0.1, 0.15) is 5.82 Å². The normalized spacial score (nSPS) is 14.3. The molecule has 0 aliphatic carbocycles. The van der Waals surface area contributed by atoms with Crippen LogP contribution in [0.15, 0.2) is 41.3 Å². The number of thiophene rings is 1. The molecule has 0 aliphatic rings. The third-order valence-corrected chi connectivity index (χ3v) is 5.58. The van der Waals surface area contributed by atoms with Crippen molar-refractivity contribution in [1.29, 1.82) is 0 Å². The molecule has 2 unspecified atom stereocenters. The van der Waals surface area contributed by atoms with Gasteiger partial charge in [-0.2, -0.15) is 0 Å². The molecule has 0 spiro atoms. The van der Waals surface area contributed by atoms with Crippen LogP contribution in [-0.2, 0) is 0 Å². The van der Waals surface area contributed by atoms with Gasteiger partial charge in [0, 0.05) is 20.7 Å². The Bertz CT molecular complexity index is 538. The highest BCUT2D eigenvalue weighted by molar-refractivity contribution is 7.99.